The Kier molecular flexibility index (Phi) is 4.06. The highest BCUT2D eigenvalue weighted by molar-refractivity contribution is 6.09. The number of aliphatic carboxylic acids is 1. The van der Waals surface area contributed by atoms with Gasteiger partial charge in [-0.05, 0) is 36.6 Å². The summed E-state index contributed by atoms with van der Waals surface area (Å²) < 4.78 is 0. The quantitative estimate of drug-likeness (QED) is 0.599. The van der Waals surface area contributed by atoms with Gasteiger partial charge in [-0.25, -0.2) is 4.79 Å². The second-order valence-electron chi connectivity index (χ2n) is 8.17. The Hall–Kier alpha value is -3.42. The Morgan fingerprint density at radius 1 is 1.17 bits per heavy atom. The molecule has 8 nitrogen and oxygen atoms in total. The zero-order chi connectivity index (χ0) is 21.2. The number of nitrogens with zero attached hydrogens (tertiary/aromatic N) is 3. The van der Waals surface area contributed by atoms with Crippen LogP contribution in [0.2, 0.25) is 0 Å². The third-order valence-electron chi connectivity index (χ3n) is 6.54. The Balaban J connectivity index is 1.49. The number of carbonyl (C=O) groups is 4. The number of benzene rings is 1. The zero-order valence-corrected chi connectivity index (χ0v) is 16.4. The highest BCUT2D eigenvalue weighted by atomic mass is 16.4. The van der Waals surface area contributed by atoms with E-state index in [1.807, 2.05) is 30.3 Å². The number of anilines is 1. The van der Waals surface area contributed by atoms with E-state index < -0.39 is 12.0 Å². The summed E-state index contributed by atoms with van der Waals surface area (Å²) in [7, 11) is 0. The molecule has 154 valence electrons. The summed E-state index contributed by atoms with van der Waals surface area (Å²) in [6, 6.07) is 8.50. The fourth-order valence-electron chi connectivity index (χ4n) is 5.24. The lowest BCUT2D eigenvalue weighted by Crippen LogP contribution is -2.69. The molecule has 1 aromatic rings. The van der Waals surface area contributed by atoms with Crippen molar-refractivity contribution >= 4 is 29.4 Å². The summed E-state index contributed by atoms with van der Waals surface area (Å²) in [5, 5.41) is 9.83. The molecule has 1 aromatic carbocycles. The van der Waals surface area contributed by atoms with Gasteiger partial charge in [0.2, 0.25) is 5.91 Å². The standard InChI is InChI=1S/C22H21N3O5/c1-12(26)24-11-15-10-14(18(22(29)30)25-17(15)19(24)21(25)28)9-13-7-8-23(20(13)27)16-5-3-2-4-6-16/h2-6,9,15,17,19H,7-8,10-11H2,1H3,(H,29,30)/b13-9+/t15?,17-,19?/m1/s1. The topological polar surface area (TPSA) is 98.2 Å². The molecule has 3 amide bonds. The van der Waals surface area contributed by atoms with Crippen molar-refractivity contribution in [2.45, 2.75) is 31.8 Å². The highest BCUT2D eigenvalue weighted by Gasteiger charge is 2.63. The molecular weight excluding hydrogens is 386 g/mol. The minimum Gasteiger partial charge on any atom is -0.477 e. The minimum atomic E-state index is -1.18. The van der Waals surface area contributed by atoms with Crippen LogP contribution >= 0.6 is 0 Å². The van der Waals surface area contributed by atoms with Crippen LogP contribution in [0.3, 0.4) is 0 Å². The van der Waals surface area contributed by atoms with Crippen LogP contribution < -0.4 is 4.90 Å². The van der Waals surface area contributed by atoms with Crippen LogP contribution in [-0.2, 0) is 19.2 Å². The molecule has 3 atom stereocenters. The second-order valence-corrected chi connectivity index (χ2v) is 8.17. The fraction of sp³-hybridized carbons (Fsp3) is 0.364. The van der Waals surface area contributed by atoms with Crippen molar-refractivity contribution in [1.29, 1.82) is 0 Å². The number of allylic oxidation sites excluding steroid dienone is 2. The van der Waals surface area contributed by atoms with Crippen molar-refractivity contribution in [3.63, 3.8) is 0 Å². The summed E-state index contributed by atoms with van der Waals surface area (Å²) in [6.07, 6.45) is 2.59. The lowest BCUT2D eigenvalue weighted by Gasteiger charge is -2.49. The SMILES string of the molecule is CC(=O)N1CC2CC(/C=C3\CCN(c4ccccc4)C3=O)=C(C(=O)O)N3C(=O)C1[C@@H]23. The first-order chi connectivity index (χ1) is 14.4. The van der Waals surface area contributed by atoms with E-state index in [4.69, 9.17) is 0 Å². The number of hydrogen-bond acceptors (Lipinski definition) is 4. The van der Waals surface area contributed by atoms with Gasteiger partial charge in [0.15, 0.2) is 0 Å². The third-order valence-corrected chi connectivity index (χ3v) is 6.54. The molecule has 4 aliphatic heterocycles. The maximum atomic E-state index is 12.9. The summed E-state index contributed by atoms with van der Waals surface area (Å²) in [4.78, 5) is 54.1. The van der Waals surface area contributed by atoms with Crippen molar-refractivity contribution < 1.29 is 24.3 Å². The fourth-order valence-corrected chi connectivity index (χ4v) is 5.24. The number of likely N-dealkylation sites (tertiary alicyclic amines) is 1. The molecule has 8 heteroatoms. The van der Waals surface area contributed by atoms with E-state index >= 15 is 0 Å². The van der Waals surface area contributed by atoms with Crippen molar-refractivity contribution in [1.82, 2.24) is 9.80 Å². The third kappa shape index (κ3) is 2.52. The molecule has 5 rings (SSSR count). The van der Waals surface area contributed by atoms with Crippen LogP contribution in [0.1, 0.15) is 19.8 Å². The van der Waals surface area contributed by atoms with Crippen LogP contribution in [0, 0.1) is 5.92 Å². The molecule has 0 aromatic heterocycles. The van der Waals surface area contributed by atoms with Gasteiger partial charge >= 0.3 is 5.97 Å². The number of para-hydroxylation sites is 1. The molecule has 0 aliphatic carbocycles. The second kappa shape index (κ2) is 6.55. The zero-order valence-electron chi connectivity index (χ0n) is 16.4. The Labute approximate surface area is 173 Å². The first-order valence-corrected chi connectivity index (χ1v) is 10.0. The van der Waals surface area contributed by atoms with Gasteiger partial charge in [-0.15, -0.1) is 0 Å². The highest BCUT2D eigenvalue weighted by Crippen LogP contribution is 2.47. The van der Waals surface area contributed by atoms with E-state index in [2.05, 4.69) is 0 Å². The largest absolute Gasteiger partial charge is 0.477 e. The molecule has 30 heavy (non-hydrogen) atoms. The number of hydrogen-bond donors (Lipinski definition) is 1. The van der Waals surface area contributed by atoms with E-state index in [0.29, 0.717) is 37.1 Å². The van der Waals surface area contributed by atoms with Gasteiger partial charge in [-0.3, -0.25) is 19.3 Å². The minimum absolute atomic E-state index is 0.0201. The number of carbonyl (C=O) groups excluding carboxylic acids is 3. The molecular formula is C22H21N3O5. The van der Waals surface area contributed by atoms with Crippen molar-refractivity contribution in [2.24, 2.45) is 5.92 Å². The molecule has 4 heterocycles. The van der Waals surface area contributed by atoms with Gasteiger partial charge in [-0.2, -0.15) is 0 Å². The molecule has 0 radical (unpaired) electrons. The number of rotatable bonds is 3. The van der Waals surface area contributed by atoms with Crippen molar-refractivity contribution in [3.8, 4) is 0 Å². The van der Waals surface area contributed by atoms with Crippen molar-refractivity contribution in [3.05, 3.63) is 53.3 Å². The molecule has 0 bridgehead atoms. The Morgan fingerprint density at radius 2 is 1.90 bits per heavy atom. The van der Waals surface area contributed by atoms with E-state index in [1.165, 1.54) is 11.8 Å². The molecule has 4 aliphatic rings. The molecule has 3 fully saturated rings. The van der Waals surface area contributed by atoms with E-state index in [9.17, 15) is 24.3 Å². The van der Waals surface area contributed by atoms with Crippen molar-refractivity contribution in [2.75, 3.05) is 18.0 Å². The monoisotopic (exact) mass is 407 g/mol. The van der Waals surface area contributed by atoms with Gasteiger partial charge in [0.05, 0.1) is 6.04 Å². The van der Waals surface area contributed by atoms with E-state index in [0.717, 1.165) is 5.69 Å². The molecule has 0 saturated carbocycles. The van der Waals surface area contributed by atoms with E-state index in [-0.39, 0.29) is 35.4 Å². The van der Waals surface area contributed by atoms with Crippen LogP contribution in [0.15, 0.2) is 53.3 Å². The van der Waals surface area contributed by atoms with Crippen LogP contribution in [-0.4, -0.2) is 63.8 Å². The van der Waals surface area contributed by atoms with Gasteiger partial charge < -0.3 is 14.9 Å². The smallest absolute Gasteiger partial charge is 0.352 e. The first-order valence-electron chi connectivity index (χ1n) is 10.0. The molecule has 0 spiro atoms. The van der Waals surface area contributed by atoms with Gasteiger partial charge in [-0.1, -0.05) is 18.2 Å². The van der Waals surface area contributed by atoms with Gasteiger partial charge in [0.25, 0.3) is 11.8 Å². The molecule has 2 unspecified atom stereocenters. The van der Waals surface area contributed by atoms with Crippen LogP contribution in [0.4, 0.5) is 5.69 Å². The summed E-state index contributed by atoms with van der Waals surface area (Å²) in [5.41, 5.74) is 1.77. The average molecular weight is 407 g/mol. The average Bonchev–Trinajstić information content (AvgIpc) is 3.27. The lowest BCUT2D eigenvalue weighted by molar-refractivity contribution is -0.159. The first kappa shape index (κ1) is 18.6. The number of amides is 3. The van der Waals surface area contributed by atoms with E-state index in [1.54, 1.807) is 15.9 Å². The summed E-state index contributed by atoms with van der Waals surface area (Å²) in [5.74, 6) is -1.88. The van der Waals surface area contributed by atoms with Gasteiger partial charge in [0.1, 0.15) is 11.7 Å². The number of carboxylic acids is 1. The van der Waals surface area contributed by atoms with Crippen LogP contribution in [0.5, 0.6) is 0 Å². The predicted molar refractivity (Wildman–Crippen MR) is 106 cm³/mol. The number of β-lactam (4-membered cyclic amide) rings is 1. The summed E-state index contributed by atoms with van der Waals surface area (Å²) >= 11 is 0. The van der Waals surface area contributed by atoms with Crippen LogP contribution in [0.25, 0.3) is 0 Å². The van der Waals surface area contributed by atoms with Gasteiger partial charge in [0, 0.05) is 37.2 Å². The Bertz CT molecular complexity index is 1040. The lowest BCUT2D eigenvalue weighted by atomic mass is 9.79. The maximum Gasteiger partial charge on any atom is 0.352 e. The normalized spacial score (nSPS) is 28.9. The number of carboxylic acid groups (broad SMARTS) is 1. The maximum absolute atomic E-state index is 12.9. The Morgan fingerprint density at radius 3 is 2.57 bits per heavy atom. The molecule has 3 saturated heterocycles. The molecule has 1 N–H and O–H groups in total. The predicted octanol–water partition coefficient (Wildman–Crippen LogP) is 1.15. The summed E-state index contributed by atoms with van der Waals surface area (Å²) in [6.45, 7) is 2.38.